The number of hydrogen-bond acceptors (Lipinski definition) is 5. The van der Waals surface area contributed by atoms with Gasteiger partial charge in [-0.15, -0.1) is 0 Å². The van der Waals surface area contributed by atoms with Crippen LogP contribution in [0.15, 0.2) is 41.7 Å². The third kappa shape index (κ3) is 7.67. The van der Waals surface area contributed by atoms with Crippen LogP contribution < -0.4 is 69.3 Å². The van der Waals surface area contributed by atoms with Gasteiger partial charge in [0.05, 0.1) is 11.9 Å². The standard InChI is InChI=1S/C12H11NO4.2Na/c1-8(5-11(14)15)10(12(16)17)6-9-3-2-4-13-7-9;;/h2-7H,1H3,(H,14,15)(H,16,17);;/q;2*+1/p-2/b8-5-,10-6+;;. The van der Waals surface area contributed by atoms with Gasteiger partial charge in [-0.3, -0.25) is 4.98 Å². The minimum atomic E-state index is -1.46. The first-order valence-corrected chi connectivity index (χ1v) is 4.73. The van der Waals surface area contributed by atoms with Crippen molar-refractivity contribution in [2.24, 2.45) is 0 Å². The molecular weight excluding hydrogens is 268 g/mol. The first-order valence-electron chi connectivity index (χ1n) is 4.73. The zero-order chi connectivity index (χ0) is 12.8. The number of aliphatic carboxylic acids is 2. The third-order valence-electron chi connectivity index (χ3n) is 1.97. The summed E-state index contributed by atoms with van der Waals surface area (Å²) in [5.41, 5.74) is 0.369. The van der Waals surface area contributed by atoms with Crippen LogP contribution in [0, 0.1) is 0 Å². The maximum atomic E-state index is 10.9. The van der Waals surface area contributed by atoms with Crippen molar-refractivity contribution in [2.75, 3.05) is 0 Å². The van der Waals surface area contributed by atoms with Crippen molar-refractivity contribution in [3.63, 3.8) is 0 Å². The van der Waals surface area contributed by atoms with Crippen molar-refractivity contribution in [2.45, 2.75) is 6.92 Å². The van der Waals surface area contributed by atoms with Gasteiger partial charge >= 0.3 is 59.1 Å². The van der Waals surface area contributed by atoms with E-state index < -0.39 is 11.9 Å². The van der Waals surface area contributed by atoms with Crippen molar-refractivity contribution >= 4 is 18.0 Å². The molecule has 0 aromatic carbocycles. The summed E-state index contributed by atoms with van der Waals surface area (Å²) in [6.45, 7) is 1.35. The first-order chi connectivity index (χ1) is 8.00. The molecule has 7 heteroatoms. The molecule has 1 rings (SSSR count). The summed E-state index contributed by atoms with van der Waals surface area (Å²) >= 11 is 0. The SMILES string of the molecule is CC(=C/C(=O)[O-])/C(=C\c1cccnc1)C(=O)[O-].[Na+].[Na+]. The molecule has 0 saturated heterocycles. The van der Waals surface area contributed by atoms with Gasteiger partial charge in [-0.05, 0) is 36.3 Å². The molecule has 0 aliphatic heterocycles. The molecule has 0 unspecified atom stereocenters. The number of carboxylic acids is 2. The molecule has 0 saturated carbocycles. The van der Waals surface area contributed by atoms with E-state index >= 15 is 0 Å². The molecule has 0 aliphatic carbocycles. The topological polar surface area (TPSA) is 93.2 Å². The monoisotopic (exact) mass is 277 g/mol. The normalized spacial score (nSPS) is 11.0. The van der Waals surface area contributed by atoms with Gasteiger partial charge in [0, 0.05) is 18.0 Å². The molecular formula is C12H9NNa2O4. The summed E-state index contributed by atoms with van der Waals surface area (Å²) in [5.74, 6) is -2.91. The summed E-state index contributed by atoms with van der Waals surface area (Å²) in [4.78, 5) is 25.0. The van der Waals surface area contributed by atoms with E-state index in [2.05, 4.69) is 4.98 Å². The van der Waals surface area contributed by atoms with Crippen molar-refractivity contribution < 1.29 is 78.9 Å². The van der Waals surface area contributed by atoms with Gasteiger partial charge in [-0.2, -0.15) is 0 Å². The Hall–Kier alpha value is -0.430. The second-order valence-electron chi connectivity index (χ2n) is 3.28. The zero-order valence-electron chi connectivity index (χ0n) is 11.0. The average Bonchev–Trinajstić information content (AvgIpc) is 2.25. The van der Waals surface area contributed by atoms with Crippen LogP contribution in [0.3, 0.4) is 0 Å². The van der Waals surface area contributed by atoms with Gasteiger partial charge in [0.2, 0.25) is 0 Å². The largest absolute Gasteiger partial charge is 1.00 e. The van der Waals surface area contributed by atoms with E-state index in [9.17, 15) is 19.8 Å². The fraction of sp³-hybridized carbons (Fsp3) is 0.0833. The summed E-state index contributed by atoms with van der Waals surface area (Å²) in [6.07, 6.45) is 4.99. The molecule has 5 nitrogen and oxygen atoms in total. The molecule has 0 atom stereocenters. The smallest absolute Gasteiger partial charge is 0.545 e. The predicted molar refractivity (Wildman–Crippen MR) is 56.0 cm³/mol. The predicted octanol–water partition coefficient (Wildman–Crippen LogP) is -7.08. The van der Waals surface area contributed by atoms with Crippen LogP contribution in [0.2, 0.25) is 0 Å². The molecule has 0 N–H and O–H groups in total. The number of nitrogens with zero attached hydrogens (tertiary/aromatic N) is 1. The fourth-order valence-corrected chi connectivity index (χ4v) is 1.22. The van der Waals surface area contributed by atoms with Crippen molar-refractivity contribution in [1.82, 2.24) is 4.98 Å². The van der Waals surface area contributed by atoms with E-state index in [1.54, 1.807) is 18.3 Å². The molecule has 0 amide bonds. The van der Waals surface area contributed by atoms with Crippen molar-refractivity contribution in [3.8, 4) is 0 Å². The Kier molecular flexibility index (Phi) is 11.4. The molecule has 1 aromatic rings. The van der Waals surface area contributed by atoms with E-state index in [1.165, 1.54) is 19.2 Å². The molecule has 0 bridgehead atoms. The minimum Gasteiger partial charge on any atom is -0.545 e. The van der Waals surface area contributed by atoms with Gasteiger partial charge < -0.3 is 19.8 Å². The fourth-order valence-electron chi connectivity index (χ4n) is 1.22. The first kappa shape index (κ1) is 20.9. The number of carboxylic acid groups (broad SMARTS) is 2. The molecule has 88 valence electrons. The Labute approximate surface area is 155 Å². The van der Waals surface area contributed by atoms with Gasteiger partial charge in [0.25, 0.3) is 0 Å². The quantitative estimate of drug-likeness (QED) is 0.310. The number of carbonyl (C=O) groups is 2. The van der Waals surface area contributed by atoms with Crippen molar-refractivity contribution in [1.29, 1.82) is 0 Å². The number of pyridine rings is 1. The van der Waals surface area contributed by atoms with Crippen LogP contribution in [0.25, 0.3) is 6.08 Å². The second-order valence-corrected chi connectivity index (χ2v) is 3.28. The second kappa shape index (κ2) is 10.4. The van der Waals surface area contributed by atoms with E-state index in [-0.39, 0.29) is 70.3 Å². The molecule has 19 heavy (non-hydrogen) atoms. The Balaban J connectivity index is 0. The van der Waals surface area contributed by atoms with Crippen LogP contribution in [0.1, 0.15) is 12.5 Å². The molecule has 0 aliphatic rings. The zero-order valence-corrected chi connectivity index (χ0v) is 15.0. The molecule has 1 heterocycles. The van der Waals surface area contributed by atoms with Gasteiger partial charge in [0.1, 0.15) is 0 Å². The van der Waals surface area contributed by atoms with Gasteiger partial charge in [-0.25, -0.2) is 0 Å². The van der Waals surface area contributed by atoms with Crippen molar-refractivity contribution in [3.05, 3.63) is 47.3 Å². The number of aromatic nitrogens is 1. The summed E-state index contributed by atoms with van der Waals surface area (Å²) in [6, 6.07) is 3.28. The summed E-state index contributed by atoms with van der Waals surface area (Å²) in [7, 11) is 0. The van der Waals surface area contributed by atoms with E-state index in [4.69, 9.17) is 0 Å². The molecule has 0 spiro atoms. The maximum Gasteiger partial charge on any atom is 1.00 e. The number of carbonyl (C=O) groups excluding carboxylic acids is 2. The van der Waals surface area contributed by atoms with E-state index in [0.29, 0.717) is 11.6 Å². The molecule has 0 fully saturated rings. The van der Waals surface area contributed by atoms with Crippen LogP contribution in [0.4, 0.5) is 0 Å². The van der Waals surface area contributed by atoms with Crippen LogP contribution in [-0.2, 0) is 9.59 Å². The minimum absolute atomic E-state index is 0. The van der Waals surface area contributed by atoms with Crippen LogP contribution >= 0.6 is 0 Å². The Morgan fingerprint density at radius 2 is 1.89 bits per heavy atom. The van der Waals surface area contributed by atoms with Gasteiger partial charge in [-0.1, -0.05) is 6.07 Å². The summed E-state index contributed by atoms with van der Waals surface area (Å²) in [5, 5.41) is 21.2. The Bertz CT molecular complexity index is 498. The maximum absolute atomic E-state index is 10.9. The Morgan fingerprint density at radius 1 is 1.26 bits per heavy atom. The van der Waals surface area contributed by atoms with E-state index in [1.807, 2.05) is 0 Å². The molecule has 0 radical (unpaired) electrons. The average molecular weight is 277 g/mol. The molecule has 1 aromatic heterocycles. The number of rotatable bonds is 4. The van der Waals surface area contributed by atoms with Crippen LogP contribution in [0.5, 0.6) is 0 Å². The Morgan fingerprint density at radius 3 is 2.32 bits per heavy atom. The summed E-state index contributed by atoms with van der Waals surface area (Å²) < 4.78 is 0. The number of hydrogen-bond donors (Lipinski definition) is 0. The van der Waals surface area contributed by atoms with Crippen LogP contribution in [-0.4, -0.2) is 16.9 Å². The van der Waals surface area contributed by atoms with E-state index in [0.717, 1.165) is 0 Å². The van der Waals surface area contributed by atoms with Gasteiger partial charge in [0.15, 0.2) is 0 Å². The third-order valence-corrected chi connectivity index (χ3v) is 1.97.